The van der Waals surface area contributed by atoms with E-state index in [1.165, 1.54) is 5.56 Å². The van der Waals surface area contributed by atoms with Gasteiger partial charge in [-0.2, -0.15) is 0 Å². The summed E-state index contributed by atoms with van der Waals surface area (Å²) in [4.78, 5) is 0. The van der Waals surface area contributed by atoms with Gasteiger partial charge in [0.2, 0.25) is 0 Å². The Morgan fingerprint density at radius 3 is 2.73 bits per heavy atom. The number of rotatable bonds is 2. The van der Waals surface area contributed by atoms with Crippen molar-refractivity contribution >= 4 is 11.8 Å². The lowest BCUT2D eigenvalue weighted by Crippen LogP contribution is -2.45. The van der Waals surface area contributed by atoms with Crippen molar-refractivity contribution in [2.75, 3.05) is 7.11 Å². The normalized spacial score (nSPS) is 33.7. The molecule has 156 valence electrons. The van der Waals surface area contributed by atoms with Crippen LogP contribution in [0.1, 0.15) is 55.2 Å². The number of para-hydroxylation sites is 1. The molecule has 5 rings (SSSR count). The Morgan fingerprint density at radius 2 is 1.97 bits per heavy atom. The van der Waals surface area contributed by atoms with Gasteiger partial charge in [0.25, 0.3) is 0 Å². The first kappa shape index (κ1) is 19.4. The Bertz CT molecular complexity index is 1040. The van der Waals surface area contributed by atoms with Crippen molar-refractivity contribution in [3.05, 3.63) is 64.7 Å². The number of ether oxygens (including phenoxy) is 1. The summed E-state index contributed by atoms with van der Waals surface area (Å²) in [5.74, 6) is 2.18. The summed E-state index contributed by atoms with van der Waals surface area (Å²) < 4.78 is 5.39. The standard InChI is InChI=1S/C26H29NO3/c1-26-10-9-19-18-8-7-17(30-2)13-21(18)23(27)14-20(19)22(26)12-16(25(26)29)11-15-5-3-4-6-24(15)28/h3-8,11,13,19-20,22,25,27-29H,9-10,12,14H2,1-2H3/t19-,20-,22+,25+,26+/m1/s1. The number of aliphatic hydroxyl groups excluding tert-OH is 1. The molecular weight excluding hydrogens is 374 g/mol. The van der Waals surface area contributed by atoms with Crippen LogP contribution in [-0.2, 0) is 0 Å². The topological polar surface area (TPSA) is 73.5 Å². The van der Waals surface area contributed by atoms with Crippen molar-refractivity contribution in [3.63, 3.8) is 0 Å². The quantitative estimate of drug-likeness (QED) is 0.650. The van der Waals surface area contributed by atoms with E-state index < -0.39 is 6.10 Å². The van der Waals surface area contributed by atoms with Gasteiger partial charge in [-0.15, -0.1) is 0 Å². The molecule has 2 saturated carbocycles. The van der Waals surface area contributed by atoms with Crippen molar-refractivity contribution < 1.29 is 14.9 Å². The fraction of sp³-hybridized carbons (Fsp3) is 0.423. The third-order valence-electron chi connectivity index (χ3n) is 8.01. The molecule has 0 aromatic heterocycles. The van der Waals surface area contributed by atoms with E-state index in [2.05, 4.69) is 13.0 Å². The second kappa shape index (κ2) is 6.98. The van der Waals surface area contributed by atoms with Gasteiger partial charge < -0.3 is 20.4 Å². The zero-order chi connectivity index (χ0) is 21.0. The van der Waals surface area contributed by atoms with E-state index in [4.69, 9.17) is 10.1 Å². The maximum absolute atomic E-state index is 11.3. The van der Waals surface area contributed by atoms with E-state index >= 15 is 0 Å². The lowest BCUT2D eigenvalue weighted by molar-refractivity contribution is -0.0103. The highest BCUT2D eigenvalue weighted by atomic mass is 16.5. The minimum absolute atomic E-state index is 0.179. The Balaban J connectivity index is 1.51. The van der Waals surface area contributed by atoms with Crippen LogP contribution in [-0.4, -0.2) is 29.1 Å². The van der Waals surface area contributed by atoms with Crippen molar-refractivity contribution in [1.29, 1.82) is 5.41 Å². The highest BCUT2D eigenvalue weighted by molar-refractivity contribution is 6.01. The molecule has 0 heterocycles. The predicted molar refractivity (Wildman–Crippen MR) is 118 cm³/mol. The first-order chi connectivity index (χ1) is 14.4. The van der Waals surface area contributed by atoms with E-state index in [9.17, 15) is 10.2 Å². The molecule has 4 nitrogen and oxygen atoms in total. The lowest BCUT2D eigenvalue weighted by atomic mass is 9.55. The summed E-state index contributed by atoms with van der Waals surface area (Å²) in [5, 5.41) is 30.2. The second-order valence-corrected chi connectivity index (χ2v) is 9.44. The highest BCUT2D eigenvalue weighted by Gasteiger charge is 2.56. The smallest absolute Gasteiger partial charge is 0.122 e. The summed E-state index contributed by atoms with van der Waals surface area (Å²) in [6, 6.07) is 13.5. The van der Waals surface area contributed by atoms with Crippen LogP contribution in [0.2, 0.25) is 0 Å². The number of aliphatic hydroxyl groups is 1. The number of methoxy groups -OCH3 is 1. The van der Waals surface area contributed by atoms with Gasteiger partial charge in [0.1, 0.15) is 11.5 Å². The van der Waals surface area contributed by atoms with Gasteiger partial charge in [0.15, 0.2) is 0 Å². The number of hydrogen-bond donors (Lipinski definition) is 3. The average Bonchev–Trinajstić information content (AvgIpc) is 3.00. The molecule has 0 saturated heterocycles. The minimum Gasteiger partial charge on any atom is -0.507 e. The lowest BCUT2D eigenvalue weighted by Gasteiger charge is -2.49. The zero-order valence-electron chi connectivity index (χ0n) is 17.6. The largest absolute Gasteiger partial charge is 0.507 e. The molecule has 2 aromatic carbocycles. The van der Waals surface area contributed by atoms with Crippen LogP contribution < -0.4 is 4.74 Å². The van der Waals surface area contributed by atoms with Gasteiger partial charge >= 0.3 is 0 Å². The molecule has 30 heavy (non-hydrogen) atoms. The molecule has 3 aliphatic carbocycles. The number of benzene rings is 2. The van der Waals surface area contributed by atoms with Gasteiger partial charge in [0, 0.05) is 22.3 Å². The fourth-order valence-corrected chi connectivity index (χ4v) is 6.36. The molecule has 0 bridgehead atoms. The van der Waals surface area contributed by atoms with Crippen LogP contribution >= 0.6 is 0 Å². The van der Waals surface area contributed by atoms with Crippen LogP contribution in [0.15, 0.2) is 48.0 Å². The van der Waals surface area contributed by atoms with Gasteiger partial charge in [-0.05, 0) is 78.8 Å². The summed E-state index contributed by atoms with van der Waals surface area (Å²) in [6.07, 6.45) is 5.05. The Labute approximate surface area is 177 Å². The molecule has 3 N–H and O–H groups in total. The van der Waals surface area contributed by atoms with Gasteiger partial charge in [-0.1, -0.05) is 31.2 Å². The third-order valence-corrected chi connectivity index (χ3v) is 8.01. The molecule has 2 fully saturated rings. The third kappa shape index (κ3) is 2.81. The average molecular weight is 404 g/mol. The Kier molecular flexibility index (Phi) is 4.51. The Hall–Kier alpha value is -2.59. The number of fused-ring (bicyclic) bond motifs is 5. The molecule has 0 aliphatic heterocycles. The van der Waals surface area contributed by atoms with Crippen LogP contribution in [0, 0.1) is 22.7 Å². The van der Waals surface area contributed by atoms with Crippen LogP contribution in [0.5, 0.6) is 11.5 Å². The molecule has 0 unspecified atom stereocenters. The van der Waals surface area contributed by atoms with Gasteiger partial charge in [-0.3, -0.25) is 0 Å². The predicted octanol–water partition coefficient (Wildman–Crippen LogP) is 5.14. The molecule has 0 amide bonds. The van der Waals surface area contributed by atoms with E-state index in [1.807, 2.05) is 36.4 Å². The molecule has 2 aromatic rings. The Morgan fingerprint density at radius 1 is 1.17 bits per heavy atom. The molecule has 0 radical (unpaired) electrons. The van der Waals surface area contributed by atoms with Crippen molar-refractivity contribution in [2.45, 2.75) is 44.6 Å². The molecule has 4 heteroatoms. The summed E-state index contributed by atoms with van der Waals surface area (Å²) >= 11 is 0. The number of nitrogens with one attached hydrogen (secondary N) is 1. The van der Waals surface area contributed by atoms with Gasteiger partial charge in [-0.25, -0.2) is 0 Å². The van der Waals surface area contributed by atoms with E-state index in [0.717, 1.165) is 48.1 Å². The van der Waals surface area contributed by atoms with Crippen molar-refractivity contribution in [3.8, 4) is 11.5 Å². The summed E-state index contributed by atoms with van der Waals surface area (Å²) in [6.45, 7) is 2.22. The van der Waals surface area contributed by atoms with E-state index in [0.29, 0.717) is 23.5 Å². The van der Waals surface area contributed by atoms with Crippen LogP contribution in [0.25, 0.3) is 6.08 Å². The number of phenolic OH excluding ortho intramolecular Hbond substituents is 1. The second-order valence-electron chi connectivity index (χ2n) is 9.44. The van der Waals surface area contributed by atoms with Crippen LogP contribution in [0.3, 0.4) is 0 Å². The monoisotopic (exact) mass is 403 g/mol. The highest BCUT2D eigenvalue weighted by Crippen LogP contribution is 2.62. The van der Waals surface area contributed by atoms with E-state index in [1.54, 1.807) is 13.2 Å². The number of hydrogen-bond acceptors (Lipinski definition) is 4. The van der Waals surface area contributed by atoms with Crippen molar-refractivity contribution in [2.24, 2.45) is 17.3 Å². The summed E-state index contributed by atoms with van der Waals surface area (Å²) in [5.41, 5.74) is 4.58. The fourth-order valence-electron chi connectivity index (χ4n) is 6.36. The maximum atomic E-state index is 11.3. The molecule has 0 spiro atoms. The molecule has 3 aliphatic rings. The zero-order valence-corrected chi connectivity index (χ0v) is 17.6. The van der Waals surface area contributed by atoms with Crippen molar-refractivity contribution in [1.82, 2.24) is 0 Å². The number of phenols is 1. The minimum atomic E-state index is -0.505. The number of aromatic hydroxyl groups is 1. The van der Waals surface area contributed by atoms with E-state index in [-0.39, 0.29) is 11.2 Å². The summed E-state index contributed by atoms with van der Waals surface area (Å²) in [7, 11) is 1.67. The van der Waals surface area contributed by atoms with Gasteiger partial charge in [0.05, 0.1) is 13.2 Å². The first-order valence-corrected chi connectivity index (χ1v) is 10.8. The molecule has 5 atom stereocenters. The molecular formula is C26H29NO3. The SMILES string of the molecule is COc1ccc2c(c1)C(=N)C[C@@H]1[C@@H]2CC[C@]2(C)[C@@H](O)C(=Cc3ccccc3O)C[C@@H]12. The van der Waals surface area contributed by atoms with Crippen LogP contribution in [0.4, 0.5) is 0 Å². The first-order valence-electron chi connectivity index (χ1n) is 10.8. The maximum Gasteiger partial charge on any atom is 0.122 e.